The number of carbonyl (C=O) groups is 1. The average molecular weight is 312 g/mol. The van der Waals surface area contributed by atoms with Crippen molar-refractivity contribution in [3.63, 3.8) is 0 Å². The standard InChI is InChI=1S/C19H20O4/c1-13-6-5-7-14(10-13)8-9-16(20)15-11-17(21-2)19(23-4)18(12-15)22-3/h5-12H,1-4H3. The smallest absolute Gasteiger partial charge is 0.203 e. The van der Waals surface area contributed by atoms with Crippen LogP contribution in [-0.2, 0) is 0 Å². The summed E-state index contributed by atoms with van der Waals surface area (Å²) in [5.74, 6) is 1.25. The number of benzene rings is 2. The largest absolute Gasteiger partial charge is 0.493 e. The van der Waals surface area contributed by atoms with Gasteiger partial charge in [-0.25, -0.2) is 0 Å². The Hall–Kier alpha value is -2.75. The summed E-state index contributed by atoms with van der Waals surface area (Å²) in [4.78, 5) is 12.4. The Balaban J connectivity index is 2.32. The zero-order valence-electron chi connectivity index (χ0n) is 13.8. The molecule has 0 atom stereocenters. The minimum absolute atomic E-state index is 0.134. The Bertz CT molecular complexity index is 707. The van der Waals surface area contributed by atoms with Crippen LogP contribution in [0, 0.1) is 6.92 Å². The maximum absolute atomic E-state index is 12.4. The minimum atomic E-state index is -0.134. The van der Waals surface area contributed by atoms with Gasteiger partial charge in [0.05, 0.1) is 21.3 Å². The van der Waals surface area contributed by atoms with Gasteiger partial charge < -0.3 is 14.2 Å². The van der Waals surface area contributed by atoms with Gasteiger partial charge in [-0.1, -0.05) is 35.9 Å². The van der Waals surface area contributed by atoms with Crippen LogP contribution >= 0.6 is 0 Å². The van der Waals surface area contributed by atoms with Gasteiger partial charge in [0.25, 0.3) is 0 Å². The van der Waals surface area contributed by atoms with E-state index in [4.69, 9.17) is 14.2 Å². The minimum Gasteiger partial charge on any atom is -0.493 e. The highest BCUT2D eigenvalue weighted by Gasteiger charge is 2.15. The first-order valence-electron chi connectivity index (χ1n) is 7.18. The number of hydrogen-bond acceptors (Lipinski definition) is 4. The first kappa shape index (κ1) is 16.6. The van der Waals surface area contributed by atoms with Crippen LogP contribution in [0.5, 0.6) is 17.2 Å². The van der Waals surface area contributed by atoms with Gasteiger partial charge in [-0.3, -0.25) is 4.79 Å². The fourth-order valence-corrected chi connectivity index (χ4v) is 2.27. The normalized spacial score (nSPS) is 10.6. The summed E-state index contributed by atoms with van der Waals surface area (Å²) in [5, 5.41) is 0. The molecule has 2 rings (SSSR count). The number of hydrogen-bond donors (Lipinski definition) is 0. The van der Waals surface area contributed by atoms with Crippen LogP contribution in [0.2, 0.25) is 0 Å². The molecule has 0 aliphatic carbocycles. The molecule has 0 heterocycles. The monoisotopic (exact) mass is 312 g/mol. The van der Waals surface area contributed by atoms with Gasteiger partial charge in [-0.15, -0.1) is 0 Å². The van der Waals surface area contributed by atoms with Crippen molar-refractivity contribution in [3.8, 4) is 17.2 Å². The van der Waals surface area contributed by atoms with Crippen molar-refractivity contribution in [3.05, 3.63) is 59.2 Å². The highest BCUT2D eigenvalue weighted by Crippen LogP contribution is 2.38. The molecule has 0 saturated heterocycles. The SMILES string of the molecule is COc1cc(C(=O)C=Cc2cccc(C)c2)cc(OC)c1OC. The third kappa shape index (κ3) is 3.92. The fourth-order valence-electron chi connectivity index (χ4n) is 2.27. The van der Waals surface area contributed by atoms with E-state index in [1.54, 1.807) is 18.2 Å². The summed E-state index contributed by atoms with van der Waals surface area (Å²) in [5.41, 5.74) is 2.60. The second-order valence-electron chi connectivity index (χ2n) is 5.03. The van der Waals surface area contributed by atoms with Crippen LogP contribution in [0.25, 0.3) is 6.08 Å². The Labute approximate surface area is 136 Å². The van der Waals surface area contributed by atoms with Gasteiger partial charge in [-0.05, 0) is 30.7 Å². The maximum Gasteiger partial charge on any atom is 0.203 e. The zero-order valence-corrected chi connectivity index (χ0v) is 13.8. The number of rotatable bonds is 6. The molecule has 0 aliphatic rings. The summed E-state index contributed by atoms with van der Waals surface area (Å²) in [6, 6.07) is 11.2. The highest BCUT2D eigenvalue weighted by molar-refractivity contribution is 6.07. The number of carbonyl (C=O) groups excluding carboxylic acids is 1. The van der Waals surface area contributed by atoms with Crippen LogP contribution in [0.3, 0.4) is 0 Å². The van der Waals surface area contributed by atoms with E-state index in [9.17, 15) is 4.79 Å². The number of ether oxygens (including phenoxy) is 3. The zero-order chi connectivity index (χ0) is 16.8. The molecule has 0 N–H and O–H groups in total. The lowest BCUT2D eigenvalue weighted by molar-refractivity contribution is 0.104. The lowest BCUT2D eigenvalue weighted by Crippen LogP contribution is -2.00. The molecule has 0 aromatic heterocycles. The number of methoxy groups -OCH3 is 3. The van der Waals surface area contributed by atoms with Crippen LogP contribution in [0.1, 0.15) is 21.5 Å². The van der Waals surface area contributed by atoms with Crippen molar-refractivity contribution in [2.45, 2.75) is 6.92 Å². The van der Waals surface area contributed by atoms with Crippen LogP contribution in [0.4, 0.5) is 0 Å². The molecule has 0 spiro atoms. The molecule has 120 valence electrons. The molecule has 0 bridgehead atoms. The Morgan fingerprint density at radius 1 is 0.957 bits per heavy atom. The van der Waals surface area contributed by atoms with Crippen LogP contribution in [0.15, 0.2) is 42.5 Å². The van der Waals surface area contributed by atoms with Crippen LogP contribution < -0.4 is 14.2 Å². The van der Waals surface area contributed by atoms with E-state index in [1.807, 2.05) is 31.2 Å². The van der Waals surface area contributed by atoms with Crippen molar-refractivity contribution in [1.29, 1.82) is 0 Å². The lowest BCUT2D eigenvalue weighted by Gasteiger charge is -2.13. The van der Waals surface area contributed by atoms with Crippen molar-refractivity contribution in [1.82, 2.24) is 0 Å². The van der Waals surface area contributed by atoms with Gasteiger partial charge in [0.1, 0.15) is 0 Å². The third-order valence-corrected chi connectivity index (χ3v) is 3.42. The summed E-state index contributed by atoms with van der Waals surface area (Å²) in [6.45, 7) is 2.01. The third-order valence-electron chi connectivity index (χ3n) is 3.42. The molecule has 0 saturated carbocycles. The summed E-state index contributed by atoms with van der Waals surface area (Å²) in [6.07, 6.45) is 3.33. The maximum atomic E-state index is 12.4. The summed E-state index contributed by atoms with van der Waals surface area (Å²) >= 11 is 0. The van der Waals surface area contributed by atoms with E-state index >= 15 is 0 Å². The second-order valence-corrected chi connectivity index (χ2v) is 5.03. The van der Waals surface area contributed by atoms with Gasteiger partial charge >= 0.3 is 0 Å². The number of ketones is 1. The predicted molar refractivity (Wildman–Crippen MR) is 90.6 cm³/mol. The van der Waals surface area contributed by atoms with E-state index in [0.29, 0.717) is 22.8 Å². The van der Waals surface area contributed by atoms with Gasteiger partial charge in [-0.2, -0.15) is 0 Å². The van der Waals surface area contributed by atoms with Crippen LogP contribution in [-0.4, -0.2) is 27.1 Å². The fraction of sp³-hybridized carbons (Fsp3) is 0.211. The molecule has 4 nitrogen and oxygen atoms in total. The highest BCUT2D eigenvalue weighted by atomic mass is 16.5. The van der Waals surface area contributed by atoms with Crippen molar-refractivity contribution < 1.29 is 19.0 Å². The molecule has 0 aliphatic heterocycles. The Morgan fingerprint density at radius 3 is 2.13 bits per heavy atom. The summed E-state index contributed by atoms with van der Waals surface area (Å²) in [7, 11) is 4.57. The van der Waals surface area contributed by atoms with Crippen molar-refractivity contribution in [2.24, 2.45) is 0 Å². The quantitative estimate of drug-likeness (QED) is 0.599. The Morgan fingerprint density at radius 2 is 1.61 bits per heavy atom. The molecule has 4 heteroatoms. The van der Waals surface area contributed by atoms with E-state index in [-0.39, 0.29) is 5.78 Å². The van der Waals surface area contributed by atoms with Gasteiger partial charge in [0.2, 0.25) is 5.75 Å². The molecule has 2 aromatic rings. The molecule has 0 unspecified atom stereocenters. The first-order chi connectivity index (χ1) is 11.1. The topological polar surface area (TPSA) is 44.8 Å². The first-order valence-corrected chi connectivity index (χ1v) is 7.18. The second kappa shape index (κ2) is 7.49. The lowest BCUT2D eigenvalue weighted by atomic mass is 10.1. The molecule has 0 fully saturated rings. The number of aryl methyl sites for hydroxylation is 1. The van der Waals surface area contributed by atoms with E-state index < -0.39 is 0 Å². The van der Waals surface area contributed by atoms with Crippen molar-refractivity contribution in [2.75, 3.05) is 21.3 Å². The van der Waals surface area contributed by atoms with Crippen molar-refractivity contribution >= 4 is 11.9 Å². The average Bonchev–Trinajstić information content (AvgIpc) is 2.58. The molecule has 0 amide bonds. The molecule has 2 aromatic carbocycles. The van der Waals surface area contributed by atoms with Gasteiger partial charge in [0, 0.05) is 5.56 Å². The molecular weight excluding hydrogens is 292 g/mol. The van der Waals surface area contributed by atoms with E-state index in [1.165, 1.54) is 27.4 Å². The van der Waals surface area contributed by atoms with Gasteiger partial charge in [0.15, 0.2) is 17.3 Å². The summed E-state index contributed by atoms with van der Waals surface area (Å²) < 4.78 is 15.8. The molecule has 0 radical (unpaired) electrons. The van der Waals surface area contributed by atoms with E-state index in [0.717, 1.165) is 11.1 Å². The molecular formula is C19H20O4. The van der Waals surface area contributed by atoms with E-state index in [2.05, 4.69) is 0 Å². The number of allylic oxidation sites excluding steroid dienone is 1. The predicted octanol–water partition coefficient (Wildman–Crippen LogP) is 3.92. The molecule has 23 heavy (non-hydrogen) atoms. The Kier molecular flexibility index (Phi) is 5.41.